The Morgan fingerprint density at radius 2 is 2.04 bits per heavy atom. The summed E-state index contributed by atoms with van der Waals surface area (Å²) in [6, 6.07) is 14.1. The summed E-state index contributed by atoms with van der Waals surface area (Å²) < 4.78 is 8.12. The Bertz CT molecular complexity index is 841. The van der Waals surface area contributed by atoms with Crippen molar-refractivity contribution in [3.8, 4) is 5.75 Å². The molecule has 1 fully saturated rings. The summed E-state index contributed by atoms with van der Waals surface area (Å²) in [5.41, 5.74) is 1.95. The molecule has 0 unspecified atom stereocenters. The highest BCUT2D eigenvalue weighted by Gasteiger charge is 2.16. The van der Waals surface area contributed by atoms with Crippen LogP contribution in [0.5, 0.6) is 5.75 Å². The zero-order chi connectivity index (χ0) is 17.6. The number of ether oxygens (including phenoxy) is 1. The van der Waals surface area contributed by atoms with Gasteiger partial charge in [-0.1, -0.05) is 42.1 Å². The van der Waals surface area contributed by atoms with Crippen LogP contribution in [0.1, 0.15) is 11.1 Å². The molecule has 0 saturated carbocycles. The molecule has 0 radical (unpaired) electrons. The van der Waals surface area contributed by atoms with E-state index in [4.69, 9.17) is 4.74 Å². The zero-order valence-corrected chi connectivity index (χ0v) is 18.0. The lowest BCUT2D eigenvalue weighted by molar-refractivity contribution is -0.116. The number of thioether (sulfide) groups is 1. The maximum absolute atomic E-state index is 11.2. The van der Waals surface area contributed by atoms with Crippen LogP contribution in [0.3, 0.4) is 0 Å². The molecule has 5 nitrogen and oxygen atoms in total. The van der Waals surface area contributed by atoms with E-state index >= 15 is 0 Å². The molecule has 2 aromatic carbocycles. The first-order valence-electron chi connectivity index (χ1n) is 7.31. The number of carbonyl (C=O) groups is 1. The summed E-state index contributed by atoms with van der Waals surface area (Å²) in [4.78, 5) is 11.2. The van der Waals surface area contributed by atoms with Crippen molar-refractivity contribution in [1.82, 2.24) is 5.32 Å². The molecule has 8 heteroatoms. The molecular weight excluding hydrogens is 564 g/mol. The van der Waals surface area contributed by atoms with Crippen LogP contribution >= 0.6 is 56.9 Å². The van der Waals surface area contributed by atoms with Crippen molar-refractivity contribution >= 4 is 74.2 Å². The number of nitrogens with one attached hydrogen (secondary N) is 1. The first-order chi connectivity index (χ1) is 12.1. The van der Waals surface area contributed by atoms with Crippen LogP contribution in [0.4, 0.5) is 0 Å². The topological polar surface area (TPSA) is 63.0 Å². The average molecular weight is 577 g/mol. The molecule has 3 rings (SSSR count). The van der Waals surface area contributed by atoms with Crippen LogP contribution in [-0.2, 0) is 11.4 Å². The molecule has 0 aliphatic carbocycles. The number of rotatable bonds is 5. The van der Waals surface area contributed by atoms with Gasteiger partial charge in [-0.15, -0.1) is 5.10 Å². The molecule has 1 N–H and O–H groups in total. The fraction of sp³-hybridized carbons (Fsp3) is 0.118. The smallest absolute Gasteiger partial charge is 0.236 e. The van der Waals surface area contributed by atoms with Crippen LogP contribution in [0.15, 0.2) is 52.7 Å². The second-order valence-electron chi connectivity index (χ2n) is 5.07. The SMILES string of the molecule is O=C1CS/C(=N/N=C\c2cc(I)cc(I)c2OCc2ccccc2)N1. The Morgan fingerprint density at radius 1 is 1.24 bits per heavy atom. The highest BCUT2D eigenvalue weighted by atomic mass is 127. The number of amidine groups is 1. The lowest BCUT2D eigenvalue weighted by atomic mass is 10.2. The predicted molar refractivity (Wildman–Crippen MR) is 118 cm³/mol. The molecule has 2 aromatic rings. The fourth-order valence-electron chi connectivity index (χ4n) is 2.08. The Kier molecular flexibility index (Phi) is 6.70. The second kappa shape index (κ2) is 8.99. The van der Waals surface area contributed by atoms with Crippen molar-refractivity contribution in [2.75, 3.05) is 5.75 Å². The van der Waals surface area contributed by atoms with Gasteiger partial charge in [-0.2, -0.15) is 5.10 Å². The summed E-state index contributed by atoms with van der Waals surface area (Å²) in [5, 5.41) is 11.3. The second-order valence-corrected chi connectivity index (χ2v) is 8.44. The standard InChI is InChI=1S/C17H13I2N3O2S/c18-13-6-12(8-20-22-17-21-15(23)10-25-17)16(14(19)7-13)24-9-11-4-2-1-3-5-11/h1-8H,9-10H2,(H,21,22,23)/b20-8-. The Hall–Kier alpha value is -1.14. The lowest BCUT2D eigenvalue weighted by Crippen LogP contribution is -2.19. The van der Waals surface area contributed by atoms with Gasteiger partial charge in [0.25, 0.3) is 0 Å². The third-order valence-corrected chi connectivity index (χ3v) is 5.48. The number of carbonyl (C=O) groups excluding carboxylic acids is 1. The molecule has 1 heterocycles. The van der Waals surface area contributed by atoms with Gasteiger partial charge in [-0.05, 0) is 62.9 Å². The molecule has 1 aliphatic heterocycles. The highest BCUT2D eigenvalue weighted by Crippen LogP contribution is 2.28. The molecule has 128 valence electrons. The van der Waals surface area contributed by atoms with Crippen molar-refractivity contribution in [2.24, 2.45) is 10.2 Å². The van der Waals surface area contributed by atoms with E-state index in [0.717, 1.165) is 24.0 Å². The molecule has 1 saturated heterocycles. The van der Waals surface area contributed by atoms with Gasteiger partial charge in [0.05, 0.1) is 15.5 Å². The van der Waals surface area contributed by atoms with Gasteiger partial charge in [0.1, 0.15) is 12.4 Å². The summed E-state index contributed by atoms with van der Waals surface area (Å²) >= 11 is 5.86. The van der Waals surface area contributed by atoms with E-state index < -0.39 is 0 Å². The lowest BCUT2D eigenvalue weighted by Gasteiger charge is -2.12. The van der Waals surface area contributed by atoms with Gasteiger partial charge < -0.3 is 10.1 Å². The van der Waals surface area contributed by atoms with Gasteiger partial charge in [0.15, 0.2) is 5.17 Å². The number of hydrogen-bond acceptors (Lipinski definition) is 5. The normalized spacial score (nSPS) is 15.8. The summed E-state index contributed by atoms with van der Waals surface area (Å²) in [7, 11) is 0. The van der Waals surface area contributed by atoms with E-state index in [9.17, 15) is 4.79 Å². The monoisotopic (exact) mass is 577 g/mol. The maximum atomic E-state index is 11.2. The third kappa shape index (κ3) is 5.42. The van der Waals surface area contributed by atoms with Crippen LogP contribution in [0.2, 0.25) is 0 Å². The van der Waals surface area contributed by atoms with Crippen molar-refractivity contribution in [3.05, 3.63) is 60.7 Å². The van der Waals surface area contributed by atoms with Crippen LogP contribution in [0.25, 0.3) is 0 Å². The molecule has 0 atom stereocenters. The molecule has 1 amide bonds. The van der Waals surface area contributed by atoms with E-state index in [0.29, 0.717) is 17.5 Å². The van der Waals surface area contributed by atoms with Gasteiger partial charge in [-0.3, -0.25) is 4.79 Å². The van der Waals surface area contributed by atoms with Gasteiger partial charge in [0, 0.05) is 9.13 Å². The molecule has 0 spiro atoms. The van der Waals surface area contributed by atoms with Crippen molar-refractivity contribution in [3.63, 3.8) is 0 Å². The predicted octanol–water partition coefficient (Wildman–Crippen LogP) is 4.03. The Balaban J connectivity index is 1.79. The Morgan fingerprint density at radius 3 is 2.76 bits per heavy atom. The van der Waals surface area contributed by atoms with E-state index in [-0.39, 0.29) is 5.91 Å². The number of benzene rings is 2. The first kappa shape index (κ1) is 18.6. The molecule has 0 aromatic heterocycles. The minimum Gasteiger partial charge on any atom is -0.487 e. The third-order valence-electron chi connectivity index (χ3n) is 3.19. The number of nitrogens with zero attached hydrogens (tertiary/aromatic N) is 2. The van der Waals surface area contributed by atoms with Crippen molar-refractivity contribution in [1.29, 1.82) is 0 Å². The zero-order valence-electron chi connectivity index (χ0n) is 12.9. The Labute approximate surface area is 177 Å². The van der Waals surface area contributed by atoms with E-state index in [1.165, 1.54) is 11.8 Å². The maximum Gasteiger partial charge on any atom is 0.236 e. The molecule has 0 bridgehead atoms. The van der Waals surface area contributed by atoms with E-state index in [1.54, 1.807) is 6.21 Å². The quantitative estimate of drug-likeness (QED) is 0.332. The number of hydrogen-bond donors (Lipinski definition) is 1. The molecule has 25 heavy (non-hydrogen) atoms. The molecule has 1 aliphatic rings. The number of halogens is 2. The first-order valence-corrected chi connectivity index (χ1v) is 10.5. The highest BCUT2D eigenvalue weighted by molar-refractivity contribution is 14.1. The summed E-state index contributed by atoms with van der Waals surface area (Å²) in [5.74, 6) is 1.12. The van der Waals surface area contributed by atoms with E-state index in [2.05, 4.69) is 66.8 Å². The van der Waals surface area contributed by atoms with Crippen LogP contribution in [0, 0.1) is 7.14 Å². The van der Waals surface area contributed by atoms with Crippen molar-refractivity contribution < 1.29 is 9.53 Å². The largest absolute Gasteiger partial charge is 0.487 e. The van der Waals surface area contributed by atoms with Crippen molar-refractivity contribution in [2.45, 2.75) is 6.61 Å². The minimum absolute atomic E-state index is 0.0466. The minimum atomic E-state index is -0.0466. The van der Waals surface area contributed by atoms with Gasteiger partial charge >= 0.3 is 0 Å². The summed E-state index contributed by atoms with van der Waals surface area (Å²) in [6.45, 7) is 0.485. The van der Waals surface area contributed by atoms with E-state index in [1.807, 2.05) is 36.4 Å². The van der Waals surface area contributed by atoms with Crippen LogP contribution < -0.4 is 10.1 Å². The summed E-state index contributed by atoms with van der Waals surface area (Å²) in [6.07, 6.45) is 1.66. The van der Waals surface area contributed by atoms with Gasteiger partial charge in [0.2, 0.25) is 5.91 Å². The number of amides is 1. The molecular formula is C17H13I2N3O2S. The fourth-order valence-corrected chi connectivity index (χ4v) is 4.76. The average Bonchev–Trinajstić information content (AvgIpc) is 3.00. The van der Waals surface area contributed by atoms with Gasteiger partial charge in [-0.25, -0.2) is 0 Å². The van der Waals surface area contributed by atoms with Crippen LogP contribution in [-0.4, -0.2) is 23.0 Å².